The van der Waals surface area contributed by atoms with E-state index < -0.39 is 12.1 Å². The van der Waals surface area contributed by atoms with Gasteiger partial charge in [0.2, 0.25) is 0 Å². The van der Waals surface area contributed by atoms with Crippen molar-refractivity contribution in [1.82, 2.24) is 9.88 Å². The highest BCUT2D eigenvalue weighted by Crippen LogP contribution is 2.39. The van der Waals surface area contributed by atoms with E-state index in [1.807, 2.05) is 18.2 Å². The van der Waals surface area contributed by atoms with Gasteiger partial charge in [-0.25, -0.2) is 14.8 Å². The molecule has 0 fully saturated rings. The number of nitrogens with zero attached hydrogens (tertiary/aromatic N) is 3. The fourth-order valence-electron chi connectivity index (χ4n) is 3.72. The van der Waals surface area contributed by atoms with Gasteiger partial charge in [0.1, 0.15) is 18.7 Å². The lowest BCUT2D eigenvalue weighted by molar-refractivity contribution is -0.146. The van der Waals surface area contributed by atoms with Gasteiger partial charge in [0, 0.05) is 18.3 Å². The van der Waals surface area contributed by atoms with E-state index in [9.17, 15) is 9.90 Å². The zero-order valence-corrected chi connectivity index (χ0v) is 16.4. The summed E-state index contributed by atoms with van der Waals surface area (Å²) in [7, 11) is 0. The highest BCUT2D eigenvalue weighted by molar-refractivity contribution is 7.22. The van der Waals surface area contributed by atoms with Crippen LogP contribution in [0.4, 0.5) is 5.13 Å². The predicted octanol–water partition coefficient (Wildman–Crippen LogP) is 2.84. The third-order valence-corrected chi connectivity index (χ3v) is 5.94. The number of nitrogens with two attached hydrogens (primary N) is 1. The predicted molar refractivity (Wildman–Crippen MR) is 109 cm³/mol. The van der Waals surface area contributed by atoms with Crippen molar-refractivity contribution in [3.8, 4) is 0 Å². The molecule has 3 aliphatic rings. The second kappa shape index (κ2) is 6.63. The number of aliphatic imine (C=N–C) groups is 1. The van der Waals surface area contributed by atoms with Crippen LogP contribution in [0.3, 0.4) is 0 Å². The van der Waals surface area contributed by atoms with E-state index in [4.69, 9.17) is 20.2 Å². The molecule has 0 spiro atoms. The Bertz CT molecular complexity index is 1160. The lowest BCUT2D eigenvalue weighted by Gasteiger charge is -2.29. The van der Waals surface area contributed by atoms with E-state index in [2.05, 4.69) is 9.88 Å². The van der Waals surface area contributed by atoms with Crippen LogP contribution in [0.1, 0.15) is 18.9 Å². The molecule has 3 aliphatic heterocycles. The second-order valence-electron chi connectivity index (χ2n) is 6.98. The number of anilines is 1. The highest BCUT2D eigenvalue weighted by atomic mass is 32.1. The molecule has 3 N–H and O–H groups in total. The number of hydrogen-bond acceptors (Lipinski definition) is 8. The van der Waals surface area contributed by atoms with Gasteiger partial charge in [-0.05, 0) is 37.1 Å². The van der Waals surface area contributed by atoms with Gasteiger partial charge >= 0.3 is 5.97 Å². The van der Waals surface area contributed by atoms with Crippen LogP contribution in [-0.4, -0.2) is 46.1 Å². The number of hydrogen-bond donors (Lipinski definition) is 2. The Kier molecular flexibility index (Phi) is 4.06. The van der Waals surface area contributed by atoms with Crippen LogP contribution in [-0.2, 0) is 14.3 Å². The van der Waals surface area contributed by atoms with Crippen LogP contribution >= 0.6 is 11.3 Å². The maximum atomic E-state index is 11.2. The van der Waals surface area contributed by atoms with Gasteiger partial charge in [0.25, 0.3) is 0 Å². The molecule has 8 nitrogen and oxygen atoms in total. The SMILES string of the molecule is CC(OC1=COCC2=C3C1=CN=C(c1ccc4nc(N)sc4c1)N3CC2)C(=O)O. The smallest absolute Gasteiger partial charge is 0.344 e. The molecule has 1 atom stereocenters. The summed E-state index contributed by atoms with van der Waals surface area (Å²) in [5, 5.41) is 9.74. The fraction of sp³-hybridized carbons (Fsp3) is 0.250. The molecular formula is C20H18N4O4S. The second-order valence-corrected chi connectivity index (χ2v) is 8.04. The Morgan fingerprint density at radius 2 is 2.31 bits per heavy atom. The summed E-state index contributed by atoms with van der Waals surface area (Å²) in [4.78, 5) is 22.4. The van der Waals surface area contributed by atoms with Crippen LogP contribution in [0, 0.1) is 0 Å². The molecule has 1 aromatic carbocycles. The van der Waals surface area contributed by atoms with E-state index in [0.29, 0.717) is 17.5 Å². The normalized spacial score (nSPS) is 19.1. The monoisotopic (exact) mass is 410 g/mol. The van der Waals surface area contributed by atoms with Crippen LogP contribution in [0.15, 0.2) is 58.3 Å². The fourth-order valence-corrected chi connectivity index (χ4v) is 4.49. The summed E-state index contributed by atoms with van der Waals surface area (Å²) in [5.74, 6) is 0.177. The molecule has 0 radical (unpaired) electrons. The van der Waals surface area contributed by atoms with Gasteiger partial charge in [0.05, 0.1) is 21.5 Å². The third kappa shape index (κ3) is 2.94. The van der Waals surface area contributed by atoms with Crippen molar-refractivity contribution in [2.24, 2.45) is 4.99 Å². The van der Waals surface area contributed by atoms with Crippen molar-refractivity contribution < 1.29 is 19.4 Å². The molecule has 2 aromatic rings. The van der Waals surface area contributed by atoms with Gasteiger partial charge in [-0.15, -0.1) is 0 Å². The molecule has 4 heterocycles. The molecule has 0 saturated carbocycles. The number of carboxylic acid groups (broad SMARTS) is 1. The number of nitrogen functional groups attached to an aromatic ring is 1. The van der Waals surface area contributed by atoms with Gasteiger partial charge in [-0.3, -0.25) is 0 Å². The van der Waals surface area contributed by atoms with Gasteiger partial charge < -0.3 is 25.2 Å². The number of carboxylic acids is 1. The van der Waals surface area contributed by atoms with Crippen LogP contribution < -0.4 is 5.73 Å². The zero-order valence-electron chi connectivity index (χ0n) is 15.6. The van der Waals surface area contributed by atoms with Crippen LogP contribution in [0.25, 0.3) is 10.2 Å². The number of carbonyl (C=O) groups is 1. The summed E-state index contributed by atoms with van der Waals surface area (Å²) in [6.07, 6.45) is 3.06. The van der Waals surface area contributed by atoms with E-state index in [-0.39, 0.29) is 0 Å². The summed E-state index contributed by atoms with van der Waals surface area (Å²) in [6.45, 7) is 2.70. The van der Waals surface area contributed by atoms with Crippen molar-refractivity contribution in [3.63, 3.8) is 0 Å². The first-order chi connectivity index (χ1) is 14.0. The van der Waals surface area contributed by atoms with E-state index >= 15 is 0 Å². The van der Waals surface area contributed by atoms with Crippen molar-refractivity contribution in [3.05, 3.63) is 58.8 Å². The third-order valence-electron chi connectivity index (χ3n) is 5.10. The molecule has 1 aromatic heterocycles. The summed E-state index contributed by atoms with van der Waals surface area (Å²) < 4.78 is 12.3. The molecule has 5 rings (SSSR count). The summed E-state index contributed by atoms with van der Waals surface area (Å²) in [6, 6.07) is 5.99. The number of aliphatic carboxylic acids is 1. The Morgan fingerprint density at radius 3 is 3.14 bits per heavy atom. The first kappa shape index (κ1) is 17.7. The molecule has 9 heteroatoms. The number of thiazole rings is 1. The Balaban J connectivity index is 1.57. The van der Waals surface area contributed by atoms with E-state index in [0.717, 1.165) is 51.4 Å². The number of ether oxygens (including phenoxy) is 2. The van der Waals surface area contributed by atoms with Crippen LogP contribution in [0.2, 0.25) is 0 Å². The Morgan fingerprint density at radius 1 is 1.45 bits per heavy atom. The largest absolute Gasteiger partial charge is 0.493 e. The molecule has 0 saturated heterocycles. The lowest BCUT2D eigenvalue weighted by atomic mass is 10.0. The summed E-state index contributed by atoms with van der Waals surface area (Å²) >= 11 is 1.45. The molecule has 148 valence electrons. The van der Waals surface area contributed by atoms with E-state index in [1.54, 1.807) is 6.20 Å². The standard InChI is InChI=1S/C20H18N4O4S/c1-10(19(25)26)28-15-9-27-8-12-4-5-24-17(12)13(15)7-22-18(24)11-2-3-14-16(6-11)29-20(21)23-14/h2-3,6-7,9-10H,4-5,8H2,1H3,(H2,21,23)(H,25,26). The number of aromatic nitrogens is 1. The first-order valence-corrected chi connectivity index (χ1v) is 9.99. The molecular weight excluding hydrogens is 392 g/mol. The van der Waals surface area contributed by atoms with Crippen molar-refractivity contribution in [2.75, 3.05) is 18.9 Å². The molecule has 0 aliphatic carbocycles. The minimum Gasteiger partial charge on any atom is -0.493 e. The van der Waals surface area contributed by atoms with Crippen molar-refractivity contribution >= 4 is 38.5 Å². The molecule has 0 amide bonds. The van der Waals surface area contributed by atoms with E-state index in [1.165, 1.54) is 24.5 Å². The first-order valence-electron chi connectivity index (χ1n) is 9.17. The molecule has 0 bridgehead atoms. The number of benzene rings is 1. The Labute approximate surface area is 170 Å². The maximum Gasteiger partial charge on any atom is 0.344 e. The Hall–Kier alpha value is -3.33. The van der Waals surface area contributed by atoms with Crippen LogP contribution in [0.5, 0.6) is 0 Å². The average Bonchev–Trinajstić information content (AvgIpc) is 3.23. The molecule has 29 heavy (non-hydrogen) atoms. The van der Waals surface area contributed by atoms with Gasteiger partial charge in [-0.2, -0.15) is 0 Å². The summed E-state index contributed by atoms with van der Waals surface area (Å²) in [5.41, 5.74) is 10.6. The highest BCUT2D eigenvalue weighted by Gasteiger charge is 2.36. The van der Waals surface area contributed by atoms with Crippen molar-refractivity contribution in [2.45, 2.75) is 19.4 Å². The quantitative estimate of drug-likeness (QED) is 0.797. The minimum atomic E-state index is -1.04. The average molecular weight is 410 g/mol. The zero-order chi connectivity index (χ0) is 20.1. The van der Waals surface area contributed by atoms with Gasteiger partial charge in [-0.1, -0.05) is 11.3 Å². The van der Waals surface area contributed by atoms with Gasteiger partial charge in [0.15, 0.2) is 17.0 Å². The number of fused-ring (bicyclic) bond motifs is 1. The molecule has 1 unspecified atom stereocenters. The number of rotatable bonds is 4. The minimum absolute atomic E-state index is 0.380. The number of amidine groups is 1. The topological polar surface area (TPSA) is 110 Å². The maximum absolute atomic E-state index is 11.2. The van der Waals surface area contributed by atoms with Crippen molar-refractivity contribution in [1.29, 1.82) is 0 Å². The lowest BCUT2D eigenvalue weighted by Crippen LogP contribution is -2.32.